The highest BCUT2D eigenvalue weighted by Gasteiger charge is 2.33. The SMILES string of the molecule is C=CCC(/C=C(/C)CC(=O)O)(CC=C)C(=O)O. The second-order valence-corrected chi connectivity index (χ2v) is 4.01. The molecular formula is C13H18O4. The van der Waals surface area contributed by atoms with E-state index in [0.29, 0.717) is 5.57 Å². The third-order valence-corrected chi connectivity index (χ3v) is 2.40. The minimum Gasteiger partial charge on any atom is -0.481 e. The molecule has 0 aliphatic heterocycles. The maximum atomic E-state index is 11.3. The van der Waals surface area contributed by atoms with E-state index in [1.54, 1.807) is 6.92 Å². The lowest BCUT2D eigenvalue weighted by Gasteiger charge is -2.24. The summed E-state index contributed by atoms with van der Waals surface area (Å²) in [6, 6.07) is 0. The molecule has 4 heteroatoms. The number of rotatable bonds is 8. The van der Waals surface area contributed by atoms with Gasteiger partial charge in [0.25, 0.3) is 0 Å². The van der Waals surface area contributed by atoms with Crippen molar-refractivity contribution in [1.29, 1.82) is 0 Å². The lowest BCUT2D eigenvalue weighted by atomic mass is 9.79. The van der Waals surface area contributed by atoms with Crippen molar-refractivity contribution in [2.75, 3.05) is 0 Å². The fraction of sp³-hybridized carbons (Fsp3) is 0.385. The normalized spacial score (nSPS) is 11.9. The standard InChI is InChI=1S/C13H18O4/c1-4-6-13(7-5-2,12(16)17)9-10(3)8-11(14)15/h4-5,9H,1-2,6-8H2,3H3,(H,14,15)(H,16,17)/b10-9-. The van der Waals surface area contributed by atoms with Crippen molar-refractivity contribution in [1.82, 2.24) is 0 Å². The largest absolute Gasteiger partial charge is 0.481 e. The highest BCUT2D eigenvalue weighted by Crippen LogP contribution is 2.32. The summed E-state index contributed by atoms with van der Waals surface area (Å²) in [4.78, 5) is 21.9. The van der Waals surface area contributed by atoms with Crippen molar-refractivity contribution < 1.29 is 19.8 Å². The second-order valence-electron chi connectivity index (χ2n) is 4.01. The van der Waals surface area contributed by atoms with Crippen LogP contribution in [0, 0.1) is 5.41 Å². The first-order valence-electron chi connectivity index (χ1n) is 5.23. The summed E-state index contributed by atoms with van der Waals surface area (Å²) in [5, 5.41) is 17.9. The van der Waals surface area contributed by atoms with Gasteiger partial charge in [-0.1, -0.05) is 23.8 Å². The summed E-state index contributed by atoms with van der Waals surface area (Å²) in [6.07, 6.45) is 4.84. The highest BCUT2D eigenvalue weighted by molar-refractivity contribution is 5.78. The van der Waals surface area contributed by atoms with Gasteiger partial charge in [0.15, 0.2) is 0 Å². The number of carboxylic acids is 2. The Labute approximate surface area is 101 Å². The Morgan fingerprint density at radius 3 is 1.94 bits per heavy atom. The topological polar surface area (TPSA) is 74.6 Å². The quantitative estimate of drug-likeness (QED) is 0.637. The van der Waals surface area contributed by atoms with Gasteiger partial charge in [-0.05, 0) is 19.8 Å². The van der Waals surface area contributed by atoms with E-state index in [1.165, 1.54) is 18.2 Å². The first-order valence-corrected chi connectivity index (χ1v) is 5.23. The van der Waals surface area contributed by atoms with Gasteiger partial charge in [-0.25, -0.2) is 0 Å². The minimum absolute atomic E-state index is 0.163. The molecule has 94 valence electrons. The smallest absolute Gasteiger partial charge is 0.314 e. The fourth-order valence-electron chi connectivity index (χ4n) is 1.71. The molecule has 17 heavy (non-hydrogen) atoms. The van der Waals surface area contributed by atoms with E-state index in [-0.39, 0.29) is 19.3 Å². The number of hydrogen-bond donors (Lipinski definition) is 2. The van der Waals surface area contributed by atoms with Crippen LogP contribution in [0.5, 0.6) is 0 Å². The minimum atomic E-state index is -1.14. The van der Waals surface area contributed by atoms with Crippen LogP contribution in [0.1, 0.15) is 26.2 Å². The molecule has 0 spiro atoms. The molecule has 4 nitrogen and oxygen atoms in total. The first kappa shape index (κ1) is 15.2. The molecule has 0 saturated heterocycles. The van der Waals surface area contributed by atoms with Crippen molar-refractivity contribution in [3.8, 4) is 0 Å². The molecule has 0 rings (SSSR count). The van der Waals surface area contributed by atoms with Gasteiger partial charge in [-0.2, -0.15) is 0 Å². The van der Waals surface area contributed by atoms with Gasteiger partial charge in [0.2, 0.25) is 0 Å². The van der Waals surface area contributed by atoms with Crippen molar-refractivity contribution >= 4 is 11.9 Å². The molecule has 0 saturated carbocycles. The number of allylic oxidation sites excluding steroid dienone is 2. The number of carbonyl (C=O) groups is 2. The predicted molar refractivity (Wildman–Crippen MR) is 65.7 cm³/mol. The van der Waals surface area contributed by atoms with Crippen LogP contribution in [0.15, 0.2) is 37.0 Å². The van der Waals surface area contributed by atoms with Gasteiger partial charge in [0, 0.05) is 0 Å². The Kier molecular flexibility index (Phi) is 5.96. The fourth-order valence-corrected chi connectivity index (χ4v) is 1.71. The van der Waals surface area contributed by atoms with Crippen molar-refractivity contribution in [2.45, 2.75) is 26.2 Å². The van der Waals surface area contributed by atoms with Crippen molar-refractivity contribution in [2.24, 2.45) is 5.41 Å². The van der Waals surface area contributed by atoms with Crippen LogP contribution < -0.4 is 0 Å². The van der Waals surface area contributed by atoms with Crippen LogP contribution in [0.4, 0.5) is 0 Å². The van der Waals surface area contributed by atoms with E-state index in [1.807, 2.05) is 0 Å². The maximum absolute atomic E-state index is 11.3. The molecule has 0 aliphatic rings. The van der Waals surface area contributed by atoms with Gasteiger partial charge < -0.3 is 10.2 Å². The Bertz CT molecular complexity index is 342. The number of hydrogen-bond acceptors (Lipinski definition) is 2. The zero-order valence-electron chi connectivity index (χ0n) is 9.98. The third kappa shape index (κ3) is 4.68. The van der Waals surface area contributed by atoms with Crippen molar-refractivity contribution in [3.63, 3.8) is 0 Å². The number of aliphatic carboxylic acids is 2. The molecule has 0 radical (unpaired) electrons. The van der Waals surface area contributed by atoms with E-state index in [9.17, 15) is 14.7 Å². The Morgan fingerprint density at radius 1 is 1.18 bits per heavy atom. The summed E-state index contributed by atoms with van der Waals surface area (Å²) in [6.45, 7) is 8.68. The number of carboxylic acid groups (broad SMARTS) is 2. The summed E-state index contributed by atoms with van der Waals surface area (Å²) in [5.41, 5.74) is -0.619. The van der Waals surface area contributed by atoms with Crippen LogP contribution in [-0.2, 0) is 9.59 Å². The summed E-state index contributed by atoms with van der Waals surface area (Å²) >= 11 is 0. The average molecular weight is 238 g/mol. The predicted octanol–water partition coefficient (Wildman–Crippen LogP) is 2.63. The van der Waals surface area contributed by atoms with Crippen LogP contribution >= 0.6 is 0 Å². The lowest BCUT2D eigenvalue weighted by Crippen LogP contribution is -2.28. The molecule has 0 aromatic rings. The molecular weight excluding hydrogens is 220 g/mol. The van der Waals surface area contributed by atoms with E-state index >= 15 is 0 Å². The molecule has 0 amide bonds. The molecule has 0 aromatic heterocycles. The van der Waals surface area contributed by atoms with E-state index < -0.39 is 17.4 Å². The van der Waals surface area contributed by atoms with E-state index in [0.717, 1.165) is 0 Å². The second kappa shape index (κ2) is 6.68. The summed E-state index contributed by atoms with van der Waals surface area (Å²) in [5.74, 6) is -1.97. The Morgan fingerprint density at radius 2 is 1.65 bits per heavy atom. The summed E-state index contributed by atoms with van der Waals surface area (Å²) < 4.78 is 0. The van der Waals surface area contributed by atoms with Gasteiger partial charge in [0.05, 0.1) is 11.8 Å². The molecule has 0 bridgehead atoms. The third-order valence-electron chi connectivity index (χ3n) is 2.40. The highest BCUT2D eigenvalue weighted by atomic mass is 16.4. The molecule has 0 aromatic carbocycles. The zero-order valence-corrected chi connectivity index (χ0v) is 9.98. The van der Waals surface area contributed by atoms with Crippen LogP contribution in [0.25, 0.3) is 0 Å². The van der Waals surface area contributed by atoms with E-state index in [4.69, 9.17) is 5.11 Å². The molecule has 0 aliphatic carbocycles. The molecule has 0 atom stereocenters. The monoisotopic (exact) mass is 238 g/mol. The molecule has 2 N–H and O–H groups in total. The lowest BCUT2D eigenvalue weighted by molar-refractivity contribution is -0.146. The summed E-state index contributed by atoms with van der Waals surface area (Å²) in [7, 11) is 0. The van der Waals surface area contributed by atoms with E-state index in [2.05, 4.69) is 13.2 Å². The van der Waals surface area contributed by atoms with Gasteiger partial charge >= 0.3 is 11.9 Å². The average Bonchev–Trinajstić information content (AvgIpc) is 2.16. The Balaban J connectivity index is 5.27. The van der Waals surface area contributed by atoms with Gasteiger partial charge in [-0.15, -0.1) is 13.2 Å². The molecule has 0 unspecified atom stereocenters. The zero-order chi connectivity index (χ0) is 13.5. The van der Waals surface area contributed by atoms with Gasteiger partial charge in [-0.3, -0.25) is 9.59 Å². The Hall–Kier alpha value is -1.84. The van der Waals surface area contributed by atoms with Crippen LogP contribution in [0.2, 0.25) is 0 Å². The maximum Gasteiger partial charge on any atom is 0.314 e. The van der Waals surface area contributed by atoms with Crippen LogP contribution in [0.3, 0.4) is 0 Å². The van der Waals surface area contributed by atoms with Crippen LogP contribution in [-0.4, -0.2) is 22.2 Å². The molecule has 0 heterocycles. The molecule has 0 fully saturated rings. The first-order chi connectivity index (χ1) is 7.88. The van der Waals surface area contributed by atoms with Gasteiger partial charge in [0.1, 0.15) is 0 Å². The van der Waals surface area contributed by atoms with Crippen molar-refractivity contribution in [3.05, 3.63) is 37.0 Å².